The second-order valence-electron chi connectivity index (χ2n) is 4.62. The van der Waals surface area contributed by atoms with Gasteiger partial charge in [0.05, 0.1) is 22.5 Å². The summed E-state index contributed by atoms with van der Waals surface area (Å²) in [5, 5.41) is 7.56. The number of nitrogens with two attached hydrogens (primary N) is 1. The van der Waals surface area contributed by atoms with Crippen LogP contribution in [0.1, 0.15) is 34.1 Å². The summed E-state index contributed by atoms with van der Waals surface area (Å²) >= 11 is 2.96. The van der Waals surface area contributed by atoms with Crippen LogP contribution in [0, 0.1) is 11.8 Å². The molecule has 1 amide bonds. The van der Waals surface area contributed by atoms with E-state index < -0.39 is 5.54 Å². The highest BCUT2D eigenvalue weighted by Gasteiger charge is 2.26. The van der Waals surface area contributed by atoms with E-state index in [0.29, 0.717) is 12.1 Å². The van der Waals surface area contributed by atoms with E-state index in [2.05, 4.69) is 22.1 Å². The standard InChI is InChI=1S/C14H15N3OS2/c1-14(2,13-16-6-7-19-13)17-12(18)10-8-11(20-9-10)4-3-5-15/h6-9H,5,15H2,1-2H3,(H,17,18). The molecule has 6 heteroatoms. The predicted octanol–water partition coefficient (Wildman–Crippen LogP) is 2.18. The molecule has 0 aliphatic rings. The smallest absolute Gasteiger partial charge is 0.252 e. The maximum absolute atomic E-state index is 12.2. The molecule has 2 aromatic rings. The fourth-order valence-electron chi connectivity index (χ4n) is 1.60. The van der Waals surface area contributed by atoms with Crippen LogP contribution < -0.4 is 11.1 Å². The van der Waals surface area contributed by atoms with Gasteiger partial charge in [0.2, 0.25) is 0 Å². The molecule has 2 heterocycles. The van der Waals surface area contributed by atoms with Crippen molar-refractivity contribution in [2.24, 2.45) is 5.73 Å². The summed E-state index contributed by atoms with van der Waals surface area (Å²) in [4.78, 5) is 17.3. The Balaban J connectivity index is 2.10. The Morgan fingerprint density at radius 1 is 1.50 bits per heavy atom. The average Bonchev–Trinajstić information content (AvgIpc) is 3.07. The number of rotatable bonds is 3. The fourth-order valence-corrected chi connectivity index (χ4v) is 3.07. The van der Waals surface area contributed by atoms with Gasteiger partial charge in [-0.1, -0.05) is 11.8 Å². The second-order valence-corrected chi connectivity index (χ2v) is 6.43. The van der Waals surface area contributed by atoms with Gasteiger partial charge < -0.3 is 11.1 Å². The predicted molar refractivity (Wildman–Crippen MR) is 82.9 cm³/mol. The Hall–Kier alpha value is -1.68. The molecule has 3 N–H and O–H groups in total. The number of nitrogens with zero attached hydrogens (tertiary/aromatic N) is 1. The number of hydrogen-bond acceptors (Lipinski definition) is 5. The maximum atomic E-state index is 12.2. The largest absolute Gasteiger partial charge is 0.341 e. The lowest BCUT2D eigenvalue weighted by atomic mass is 10.1. The summed E-state index contributed by atoms with van der Waals surface area (Å²) in [6, 6.07) is 1.78. The van der Waals surface area contributed by atoms with Gasteiger partial charge in [-0.2, -0.15) is 0 Å². The number of amides is 1. The Morgan fingerprint density at radius 3 is 2.95 bits per heavy atom. The molecule has 0 radical (unpaired) electrons. The van der Waals surface area contributed by atoms with Crippen LogP contribution in [0.25, 0.3) is 0 Å². The SMILES string of the molecule is CC(C)(NC(=O)c1csc(C#CCN)c1)c1nccs1. The summed E-state index contributed by atoms with van der Waals surface area (Å²) in [6.45, 7) is 4.19. The lowest BCUT2D eigenvalue weighted by molar-refractivity contribution is 0.0912. The van der Waals surface area contributed by atoms with E-state index in [0.717, 1.165) is 9.88 Å². The highest BCUT2D eigenvalue weighted by molar-refractivity contribution is 7.10. The van der Waals surface area contributed by atoms with E-state index in [-0.39, 0.29) is 5.91 Å². The van der Waals surface area contributed by atoms with E-state index >= 15 is 0 Å². The quantitative estimate of drug-likeness (QED) is 0.854. The molecular formula is C14H15N3OS2. The first-order valence-electron chi connectivity index (χ1n) is 6.03. The number of carbonyl (C=O) groups excluding carboxylic acids is 1. The Morgan fingerprint density at radius 2 is 2.30 bits per heavy atom. The van der Waals surface area contributed by atoms with Crippen LogP contribution in [-0.4, -0.2) is 17.4 Å². The molecule has 0 saturated carbocycles. The molecule has 0 unspecified atom stereocenters. The first-order valence-corrected chi connectivity index (χ1v) is 7.79. The molecule has 0 bridgehead atoms. The maximum Gasteiger partial charge on any atom is 0.252 e. The van der Waals surface area contributed by atoms with Gasteiger partial charge in [-0.05, 0) is 19.9 Å². The van der Waals surface area contributed by atoms with Gasteiger partial charge in [-0.3, -0.25) is 4.79 Å². The van der Waals surface area contributed by atoms with Crippen LogP contribution in [0.4, 0.5) is 0 Å². The minimum atomic E-state index is -0.490. The zero-order valence-electron chi connectivity index (χ0n) is 11.3. The van der Waals surface area contributed by atoms with Crippen LogP contribution >= 0.6 is 22.7 Å². The third-order valence-corrected chi connectivity index (χ3v) is 4.51. The fraction of sp³-hybridized carbons (Fsp3) is 0.286. The highest BCUT2D eigenvalue weighted by atomic mass is 32.1. The normalized spacial score (nSPS) is 10.8. The number of thiophene rings is 1. The molecule has 0 spiro atoms. The molecule has 104 valence electrons. The molecule has 0 aliphatic carbocycles. The van der Waals surface area contributed by atoms with Crippen molar-refractivity contribution in [2.45, 2.75) is 19.4 Å². The summed E-state index contributed by atoms with van der Waals surface area (Å²) in [5.41, 5.74) is 5.45. The molecule has 2 aromatic heterocycles. The second kappa shape index (κ2) is 6.18. The lowest BCUT2D eigenvalue weighted by Gasteiger charge is -2.23. The first kappa shape index (κ1) is 14.7. The first-order chi connectivity index (χ1) is 9.53. The van der Waals surface area contributed by atoms with Crippen molar-refractivity contribution in [3.63, 3.8) is 0 Å². The summed E-state index contributed by atoms with van der Waals surface area (Å²) in [6.07, 6.45) is 1.74. The monoisotopic (exact) mass is 305 g/mol. The van der Waals surface area contributed by atoms with Crippen LogP contribution in [0.15, 0.2) is 23.0 Å². The van der Waals surface area contributed by atoms with Crippen molar-refractivity contribution in [3.8, 4) is 11.8 Å². The summed E-state index contributed by atoms with van der Waals surface area (Å²) in [5.74, 6) is 5.58. The number of hydrogen-bond donors (Lipinski definition) is 2. The van der Waals surface area contributed by atoms with Gasteiger partial charge in [0.15, 0.2) is 0 Å². The van der Waals surface area contributed by atoms with Gasteiger partial charge in [0.25, 0.3) is 5.91 Å². The van der Waals surface area contributed by atoms with Crippen molar-refractivity contribution in [3.05, 3.63) is 38.5 Å². The molecule has 0 aromatic carbocycles. The van der Waals surface area contributed by atoms with Crippen molar-refractivity contribution in [1.29, 1.82) is 0 Å². The van der Waals surface area contributed by atoms with Gasteiger partial charge in [-0.25, -0.2) is 4.98 Å². The average molecular weight is 305 g/mol. The van der Waals surface area contributed by atoms with Crippen molar-refractivity contribution in [2.75, 3.05) is 6.54 Å². The Bertz CT molecular complexity index is 648. The van der Waals surface area contributed by atoms with Gasteiger partial charge >= 0.3 is 0 Å². The molecule has 2 rings (SSSR count). The molecule has 0 atom stereocenters. The number of thiazole rings is 1. The van der Waals surface area contributed by atoms with E-state index in [1.54, 1.807) is 17.6 Å². The minimum absolute atomic E-state index is 0.123. The molecule has 4 nitrogen and oxygen atoms in total. The number of carbonyl (C=O) groups is 1. The van der Waals surface area contributed by atoms with E-state index in [1.807, 2.05) is 19.2 Å². The number of aromatic nitrogens is 1. The van der Waals surface area contributed by atoms with Crippen LogP contribution in [0.5, 0.6) is 0 Å². The van der Waals surface area contributed by atoms with Crippen molar-refractivity contribution in [1.82, 2.24) is 10.3 Å². The minimum Gasteiger partial charge on any atom is -0.341 e. The zero-order valence-corrected chi connectivity index (χ0v) is 12.9. The molecule has 0 fully saturated rings. The van der Waals surface area contributed by atoms with E-state index in [1.165, 1.54) is 22.7 Å². The summed E-state index contributed by atoms with van der Waals surface area (Å²) < 4.78 is 0. The van der Waals surface area contributed by atoms with Gasteiger partial charge in [0.1, 0.15) is 5.01 Å². The van der Waals surface area contributed by atoms with Crippen molar-refractivity contribution >= 4 is 28.6 Å². The van der Waals surface area contributed by atoms with E-state index in [9.17, 15) is 4.79 Å². The van der Waals surface area contributed by atoms with E-state index in [4.69, 9.17) is 5.73 Å². The molecule has 20 heavy (non-hydrogen) atoms. The van der Waals surface area contributed by atoms with Crippen LogP contribution in [-0.2, 0) is 5.54 Å². The number of nitrogens with one attached hydrogen (secondary N) is 1. The molecular weight excluding hydrogens is 290 g/mol. The molecule has 0 saturated heterocycles. The third kappa shape index (κ3) is 3.45. The highest BCUT2D eigenvalue weighted by Crippen LogP contribution is 2.23. The van der Waals surface area contributed by atoms with Crippen LogP contribution in [0.2, 0.25) is 0 Å². The van der Waals surface area contributed by atoms with Gasteiger partial charge in [0, 0.05) is 17.0 Å². The third-order valence-electron chi connectivity index (χ3n) is 2.57. The topological polar surface area (TPSA) is 68.0 Å². The lowest BCUT2D eigenvalue weighted by Crippen LogP contribution is -2.40. The molecule has 0 aliphatic heterocycles. The summed E-state index contributed by atoms with van der Waals surface area (Å²) in [7, 11) is 0. The van der Waals surface area contributed by atoms with Crippen LogP contribution in [0.3, 0.4) is 0 Å². The van der Waals surface area contributed by atoms with Crippen molar-refractivity contribution < 1.29 is 4.79 Å². The Labute approximate surface area is 126 Å². The zero-order chi connectivity index (χ0) is 14.6. The van der Waals surface area contributed by atoms with Gasteiger partial charge in [-0.15, -0.1) is 22.7 Å². The Kier molecular flexibility index (Phi) is 4.55.